The third kappa shape index (κ3) is 9.19. The summed E-state index contributed by atoms with van der Waals surface area (Å²) in [5, 5.41) is 3.51. The van der Waals surface area contributed by atoms with Crippen LogP contribution in [0.2, 0.25) is 0 Å². The molecule has 0 aromatic rings. The molecule has 0 radical (unpaired) electrons. The molecule has 24 heavy (non-hydrogen) atoms. The number of hydrogen-bond donors (Lipinski definition) is 1. The van der Waals surface area contributed by atoms with Crippen molar-refractivity contribution >= 4 is 22.7 Å². The normalized spacial score (nSPS) is 24.0. The van der Waals surface area contributed by atoms with Crippen LogP contribution in [0.4, 0.5) is 0 Å². The Morgan fingerprint density at radius 1 is 1.08 bits per heavy atom. The van der Waals surface area contributed by atoms with E-state index in [1.807, 2.05) is 13.8 Å². The highest BCUT2D eigenvalue weighted by Gasteiger charge is 2.37. The molecule has 4 nitrogen and oxygen atoms in total. The number of nitrogens with one attached hydrogen (secondary N) is 1. The Balaban J connectivity index is 1.94. The zero-order valence-electron chi connectivity index (χ0n) is 15.7. The average molecular weight is 358 g/mol. The lowest BCUT2D eigenvalue weighted by Gasteiger charge is -2.36. The fraction of sp³-hybridized carbons (Fsp3) is 0.895. The molecule has 1 fully saturated rings. The van der Waals surface area contributed by atoms with Crippen LogP contribution in [0.5, 0.6) is 0 Å². The van der Waals surface area contributed by atoms with Gasteiger partial charge in [-0.3, -0.25) is 9.59 Å². The molecule has 1 saturated heterocycles. The molecule has 2 unspecified atom stereocenters. The number of hydrogen-bond acceptors (Lipinski definition) is 5. The number of ketones is 1. The molecule has 1 heterocycles. The molecule has 2 atom stereocenters. The highest BCUT2D eigenvalue weighted by Crippen LogP contribution is 2.21. The minimum atomic E-state index is -0.629. The number of unbranched alkanes of at least 4 members (excludes halogenated alkanes) is 7. The third-order valence-corrected chi connectivity index (χ3v) is 5.45. The summed E-state index contributed by atoms with van der Waals surface area (Å²) in [6.45, 7) is 7.03. The maximum Gasteiger partial charge on any atom is 0.185 e. The van der Waals surface area contributed by atoms with Gasteiger partial charge in [0.1, 0.15) is 5.60 Å². The van der Waals surface area contributed by atoms with Gasteiger partial charge in [-0.2, -0.15) is 0 Å². The minimum absolute atomic E-state index is 0.113. The lowest BCUT2D eigenvalue weighted by atomic mass is 9.94. The maximum absolute atomic E-state index is 12.4. The Bertz CT molecular complexity index is 389. The van der Waals surface area contributed by atoms with Crippen molar-refractivity contribution in [3.63, 3.8) is 0 Å². The Hall–Kier alpha value is -0.390. The van der Waals surface area contributed by atoms with Crippen LogP contribution >= 0.6 is 11.8 Å². The number of carbonyl (C=O) groups is 2. The first kappa shape index (κ1) is 21.7. The zero-order chi connectivity index (χ0) is 17.8. The molecular formula is C19H35NO3S. The fourth-order valence-corrected chi connectivity index (χ4v) is 3.77. The monoisotopic (exact) mass is 357 g/mol. The highest BCUT2D eigenvalue weighted by atomic mass is 32.2. The summed E-state index contributed by atoms with van der Waals surface area (Å²) in [5.74, 6) is 1.20. The molecule has 1 aliphatic rings. The van der Waals surface area contributed by atoms with Gasteiger partial charge in [-0.05, 0) is 26.7 Å². The van der Waals surface area contributed by atoms with E-state index in [1.54, 1.807) is 6.92 Å². The molecule has 0 aromatic carbocycles. The van der Waals surface area contributed by atoms with E-state index < -0.39 is 5.60 Å². The van der Waals surface area contributed by atoms with Gasteiger partial charge in [0.2, 0.25) is 0 Å². The summed E-state index contributed by atoms with van der Waals surface area (Å²) < 4.78 is 5.86. The molecule has 0 bridgehead atoms. The summed E-state index contributed by atoms with van der Waals surface area (Å²) >= 11 is 1.43. The van der Waals surface area contributed by atoms with Gasteiger partial charge in [-0.25, -0.2) is 0 Å². The summed E-state index contributed by atoms with van der Waals surface area (Å²) in [4.78, 5) is 23.1. The largest absolute Gasteiger partial charge is 0.362 e. The van der Waals surface area contributed by atoms with Crippen molar-refractivity contribution in [2.24, 2.45) is 0 Å². The quantitative estimate of drug-likeness (QED) is 0.533. The van der Waals surface area contributed by atoms with Gasteiger partial charge in [-0.15, -0.1) is 0 Å². The van der Waals surface area contributed by atoms with E-state index in [-0.39, 0.29) is 17.0 Å². The third-order valence-electron chi connectivity index (χ3n) is 4.55. The molecular weight excluding hydrogens is 322 g/mol. The molecule has 1 N–H and O–H groups in total. The van der Waals surface area contributed by atoms with Crippen LogP contribution in [0.1, 0.15) is 78.6 Å². The van der Waals surface area contributed by atoms with E-state index >= 15 is 0 Å². The topological polar surface area (TPSA) is 55.4 Å². The number of thioether (sulfide) groups is 1. The number of morpholine rings is 1. The Labute approximate surface area is 151 Å². The molecule has 1 aliphatic heterocycles. The number of carbonyl (C=O) groups excluding carboxylic acids is 2. The average Bonchev–Trinajstić information content (AvgIpc) is 2.51. The maximum atomic E-state index is 12.4. The van der Waals surface area contributed by atoms with E-state index in [9.17, 15) is 9.59 Å². The van der Waals surface area contributed by atoms with E-state index in [2.05, 4.69) is 5.32 Å². The summed E-state index contributed by atoms with van der Waals surface area (Å²) in [7, 11) is 0. The highest BCUT2D eigenvalue weighted by molar-refractivity contribution is 8.13. The van der Waals surface area contributed by atoms with E-state index in [1.165, 1.54) is 43.9 Å². The zero-order valence-corrected chi connectivity index (χ0v) is 16.5. The first-order chi connectivity index (χ1) is 11.4. The van der Waals surface area contributed by atoms with Crippen molar-refractivity contribution in [3.8, 4) is 0 Å². The second-order valence-corrected chi connectivity index (χ2v) is 8.40. The van der Waals surface area contributed by atoms with Crippen molar-refractivity contribution in [1.29, 1.82) is 0 Å². The lowest BCUT2D eigenvalue weighted by molar-refractivity contribution is -0.154. The molecule has 0 spiro atoms. The van der Waals surface area contributed by atoms with Gasteiger partial charge in [-0.1, -0.05) is 50.3 Å². The van der Waals surface area contributed by atoms with Crippen LogP contribution in [-0.4, -0.2) is 41.4 Å². The Morgan fingerprint density at radius 3 is 2.25 bits per heavy atom. The van der Waals surface area contributed by atoms with Crippen LogP contribution in [0.15, 0.2) is 0 Å². The molecule has 1 rings (SSSR count). The lowest BCUT2D eigenvalue weighted by Crippen LogP contribution is -2.55. The van der Waals surface area contributed by atoms with Crippen LogP contribution in [0.25, 0.3) is 0 Å². The van der Waals surface area contributed by atoms with Gasteiger partial charge >= 0.3 is 0 Å². The molecule has 0 amide bonds. The predicted octanol–water partition coefficient (Wildman–Crippen LogP) is 4.11. The Kier molecular flexibility index (Phi) is 10.9. The van der Waals surface area contributed by atoms with Gasteiger partial charge in [0.05, 0.1) is 6.10 Å². The molecule has 140 valence electrons. The SMILES string of the molecule is CC(=O)SCCCCCCCCCCC(=O)C1(C)CNCC(C)O1. The van der Waals surface area contributed by atoms with Gasteiger partial charge in [0.25, 0.3) is 0 Å². The molecule has 0 aromatic heterocycles. The van der Waals surface area contributed by atoms with E-state index in [0.29, 0.717) is 13.0 Å². The van der Waals surface area contributed by atoms with Crippen LogP contribution in [0.3, 0.4) is 0 Å². The Morgan fingerprint density at radius 2 is 1.67 bits per heavy atom. The molecule has 5 heteroatoms. The standard InChI is InChI=1S/C19H35NO3S/c1-16-14-20-15-19(3,23-16)18(22)12-10-8-6-4-5-7-9-11-13-24-17(2)21/h16,20H,4-15H2,1-3H3. The smallest absolute Gasteiger partial charge is 0.185 e. The van der Waals surface area contributed by atoms with Crippen molar-refractivity contribution in [2.45, 2.75) is 90.3 Å². The van der Waals surface area contributed by atoms with Crippen LogP contribution in [0, 0.1) is 0 Å². The fourth-order valence-electron chi connectivity index (χ4n) is 3.13. The summed E-state index contributed by atoms with van der Waals surface area (Å²) in [6.07, 6.45) is 10.2. The second-order valence-electron chi connectivity index (χ2n) is 7.13. The van der Waals surface area contributed by atoms with Gasteiger partial charge in [0, 0.05) is 32.2 Å². The molecule has 0 saturated carbocycles. The molecule has 0 aliphatic carbocycles. The van der Waals surface area contributed by atoms with Crippen LogP contribution < -0.4 is 5.32 Å². The minimum Gasteiger partial charge on any atom is -0.362 e. The first-order valence-corrected chi connectivity index (χ1v) is 10.5. The predicted molar refractivity (Wildman–Crippen MR) is 102 cm³/mol. The second kappa shape index (κ2) is 12.0. The van der Waals surface area contributed by atoms with Crippen LogP contribution in [-0.2, 0) is 14.3 Å². The number of ether oxygens (including phenoxy) is 1. The van der Waals surface area contributed by atoms with Crippen molar-refractivity contribution < 1.29 is 14.3 Å². The van der Waals surface area contributed by atoms with E-state index in [4.69, 9.17) is 4.74 Å². The van der Waals surface area contributed by atoms with Crippen molar-refractivity contribution in [2.75, 3.05) is 18.8 Å². The van der Waals surface area contributed by atoms with Crippen molar-refractivity contribution in [3.05, 3.63) is 0 Å². The van der Waals surface area contributed by atoms with Gasteiger partial charge < -0.3 is 10.1 Å². The summed E-state index contributed by atoms with van der Waals surface area (Å²) in [5.41, 5.74) is -0.629. The van der Waals surface area contributed by atoms with E-state index in [0.717, 1.165) is 31.6 Å². The van der Waals surface area contributed by atoms with Gasteiger partial charge in [0.15, 0.2) is 10.9 Å². The van der Waals surface area contributed by atoms with Crippen molar-refractivity contribution in [1.82, 2.24) is 5.32 Å². The first-order valence-electron chi connectivity index (χ1n) is 9.49. The number of rotatable bonds is 12. The summed E-state index contributed by atoms with van der Waals surface area (Å²) in [6, 6.07) is 0. The number of Topliss-reactive ketones (excluding diaryl/α,β-unsaturated/α-hetero) is 1.